The molecular weight excluding hydrogens is 399 g/mol. The minimum atomic E-state index is -0.807. The summed E-state index contributed by atoms with van der Waals surface area (Å²) in [5, 5.41) is 14.6. The van der Waals surface area contributed by atoms with Gasteiger partial charge in [0.05, 0.1) is 4.92 Å². The molecule has 0 radical (unpaired) electrons. The average Bonchev–Trinajstić information content (AvgIpc) is 2.79. The molecule has 1 aliphatic rings. The van der Waals surface area contributed by atoms with Gasteiger partial charge < -0.3 is 15.1 Å². The second-order valence-electron chi connectivity index (χ2n) is 7.42. The van der Waals surface area contributed by atoms with E-state index < -0.39 is 11.1 Å². The summed E-state index contributed by atoms with van der Waals surface area (Å²) < 4.78 is 13.7. The van der Waals surface area contributed by atoms with Crippen molar-refractivity contribution in [2.75, 3.05) is 35.3 Å². The zero-order valence-electron chi connectivity index (χ0n) is 17.1. The summed E-state index contributed by atoms with van der Waals surface area (Å²) in [5.74, 6) is 0.705. The lowest BCUT2D eigenvalue weighted by atomic mass is 10.1. The maximum absolute atomic E-state index is 13.7. The minimum Gasteiger partial charge on any atom is -0.369 e. The third kappa shape index (κ3) is 4.71. The Morgan fingerprint density at radius 1 is 1.16 bits per heavy atom. The number of rotatable bonds is 6. The van der Waals surface area contributed by atoms with E-state index in [1.165, 1.54) is 6.07 Å². The van der Waals surface area contributed by atoms with Crippen molar-refractivity contribution in [1.29, 1.82) is 0 Å². The molecule has 160 valence electrons. The number of nitrogens with one attached hydrogen (secondary N) is 1. The van der Waals surface area contributed by atoms with E-state index in [2.05, 4.69) is 15.3 Å². The van der Waals surface area contributed by atoms with Crippen LogP contribution in [0.25, 0.3) is 0 Å². The van der Waals surface area contributed by atoms with Crippen LogP contribution in [0, 0.1) is 10.1 Å². The van der Waals surface area contributed by atoms with Crippen LogP contribution in [0.3, 0.4) is 0 Å². The molecule has 0 spiro atoms. The molecule has 31 heavy (non-hydrogen) atoms. The highest BCUT2D eigenvalue weighted by molar-refractivity contribution is 5.71. The molecule has 0 bridgehead atoms. The summed E-state index contributed by atoms with van der Waals surface area (Å²) in [5.41, 5.74) is 2.34. The van der Waals surface area contributed by atoms with Gasteiger partial charge in [0.1, 0.15) is 12.0 Å². The molecule has 1 aliphatic heterocycles. The molecular formula is C22H23FN6O2. The van der Waals surface area contributed by atoms with Gasteiger partial charge in [0.25, 0.3) is 0 Å². The molecule has 1 atom stereocenters. The molecule has 3 heterocycles. The van der Waals surface area contributed by atoms with Crippen LogP contribution in [0.1, 0.15) is 12.8 Å². The standard InChI is InChI=1S/C22H23FN6O2/c1-27(18-10-12-24-13-11-18)21-9-8-20(29(30)31)22(26-21)25-17-4-6-19(7-5-17)28-14-2-3-16(23)15-28/h4-13,16H,2-3,14-15H2,1H3,(H,25,26). The Morgan fingerprint density at radius 2 is 1.90 bits per heavy atom. The van der Waals surface area contributed by atoms with Crippen molar-refractivity contribution in [1.82, 2.24) is 9.97 Å². The van der Waals surface area contributed by atoms with Crippen LogP contribution in [0.4, 0.5) is 38.8 Å². The Hall–Kier alpha value is -3.75. The molecule has 4 rings (SSSR count). The smallest absolute Gasteiger partial charge is 0.311 e. The highest BCUT2D eigenvalue weighted by Crippen LogP contribution is 2.31. The number of hydrogen-bond donors (Lipinski definition) is 1. The van der Waals surface area contributed by atoms with Crippen molar-refractivity contribution >= 4 is 34.4 Å². The number of halogens is 1. The third-order valence-electron chi connectivity index (χ3n) is 5.31. The Labute approximate surface area is 179 Å². The first kappa shape index (κ1) is 20.5. The van der Waals surface area contributed by atoms with E-state index in [1.807, 2.05) is 53.2 Å². The van der Waals surface area contributed by atoms with Crippen LogP contribution in [0.5, 0.6) is 0 Å². The Bertz CT molecular complexity index is 1050. The normalized spacial score (nSPS) is 16.1. The van der Waals surface area contributed by atoms with Gasteiger partial charge in [0, 0.05) is 55.7 Å². The highest BCUT2D eigenvalue weighted by atomic mass is 19.1. The molecule has 1 aromatic carbocycles. The van der Waals surface area contributed by atoms with E-state index in [0.29, 0.717) is 24.5 Å². The van der Waals surface area contributed by atoms with Gasteiger partial charge in [-0.25, -0.2) is 9.37 Å². The van der Waals surface area contributed by atoms with Crippen LogP contribution in [0.2, 0.25) is 0 Å². The predicted molar refractivity (Wildman–Crippen MR) is 119 cm³/mol. The molecule has 3 aromatic rings. The molecule has 1 N–H and O–H groups in total. The maximum atomic E-state index is 13.7. The van der Waals surface area contributed by atoms with E-state index in [9.17, 15) is 14.5 Å². The number of benzene rings is 1. The van der Waals surface area contributed by atoms with Crippen LogP contribution in [-0.4, -0.2) is 41.2 Å². The van der Waals surface area contributed by atoms with E-state index in [0.717, 1.165) is 24.3 Å². The molecule has 8 nitrogen and oxygen atoms in total. The Balaban J connectivity index is 1.57. The van der Waals surface area contributed by atoms with Crippen molar-refractivity contribution in [3.8, 4) is 0 Å². The zero-order valence-corrected chi connectivity index (χ0v) is 17.1. The summed E-state index contributed by atoms with van der Waals surface area (Å²) in [7, 11) is 1.83. The summed E-state index contributed by atoms with van der Waals surface area (Å²) >= 11 is 0. The minimum absolute atomic E-state index is 0.118. The van der Waals surface area contributed by atoms with E-state index in [-0.39, 0.29) is 11.5 Å². The zero-order chi connectivity index (χ0) is 21.8. The molecule has 1 unspecified atom stereocenters. The average molecular weight is 422 g/mol. The number of piperidine rings is 1. The van der Waals surface area contributed by atoms with Gasteiger partial charge in [-0.3, -0.25) is 15.1 Å². The maximum Gasteiger partial charge on any atom is 0.311 e. The van der Waals surface area contributed by atoms with Gasteiger partial charge in [-0.05, 0) is 55.3 Å². The lowest BCUT2D eigenvalue weighted by Crippen LogP contribution is -2.36. The van der Waals surface area contributed by atoms with Crippen LogP contribution >= 0.6 is 0 Å². The number of anilines is 5. The third-order valence-corrected chi connectivity index (χ3v) is 5.31. The first-order valence-corrected chi connectivity index (χ1v) is 10.1. The van der Waals surface area contributed by atoms with Crippen LogP contribution in [-0.2, 0) is 0 Å². The number of nitrogens with zero attached hydrogens (tertiary/aromatic N) is 5. The van der Waals surface area contributed by atoms with Gasteiger partial charge in [-0.15, -0.1) is 0 Å². The first-order chi connectivity index (χ1) is 15.0. The molecule has 1 fully saturated rings. The number of nitro groups is 1. The number of hydrogen-bond acceptors (Lipinski definition) is 7. The van der Waals surface area contributed by atoms with Crippen LogP contribution < -0.4 is 15.1 Å². The molecule has 1 saturated heterocycles. The summed E-state index contributed by atoms with van der Waals surface area (Å²) in [6, 6.07) is 14.1. The fraction of sp³-hybridized carbons (Fsp3) is 0.273. The van der Waals surface area contributed by atoms with E-state index in [4.69, 9.17) is 0 Å². The summed E-state index contributed by atoms with van der Waals surface area (Å²) in [4.78, 5) is 23.4. The van der Waals surface area contributed by atoms with E-state index >= 15 is 0 Å². The van der Waals surface area contributed by atoms with Gasteiger partial charge in [0.15, 0.2) is 0 Å². The first-order valence-electron chi connectivity index (χ1n) is 10.1. The molecule has 2 aromatic heterocycles. The van der Waals surface area contributed by atoms with Gasteiger partial charge in [-0.2, -0.15) is 0 Å². The van der Waals surface area contributed by atoms with Crippen molar-refractivity contribution in [3.05, 3.63) is 71.0 Å². The SMILES string of the molecule is CN(c1ccncc1)c1ccc([N+](=O)[O-])c(Nc2ccc(N3CCCC(F)C3)cc2)n1. The monoisotopic (exact) mass is 422 g/mol. The topological polar surface area (TPSA) is 87.4 Å². The van der Waals surface area contributed by atoms with Crippen molar-refractivity contribution in [2.45, 2.75) is 19.0 Å². The molecule has 0 amide bonds. The van der Waals surface area contributed by atoms with Crippen LogP contribution in [0.15, 0.2) is 60.9 Å². The van der Waals surface area contributed by atoms with Crippen molar-refractivity contribution in [3.63, 3.8) is 0 Å². The fourth-order valence-corrected chi connectivity index (χ4v) is 3.62. The number of aromatic nitrogens is 2. The second kappa shape index (κ2) is 8.95. The van der Waals surface area contributed by atoms with Crippen molar-refractivity contribution in [2.24, 2.45) is 0 Å². The largest absolute Gasteiger partial charge is 0.369 e. The Kier molecular flexibility index (Phi) is 5.92. The lowest BCUT2D eigenvalue weighted by Gasteiger charge is -2.31. The Morgan fingerprint density at radius 3 is 2.58 bits per heavy atom. The fourth-order valence-electron chi connectivity index (χ4n) is 3.62. The van der Waals surface area contributed by atoms with Gasteiger partial charge in [0.2, 0.25) is 5.82 Å². The summed E-state index contributed by atoms with van der Waals surface area (Å²) in [6.07, 6.45) is 3.97. The quantitative estimate of drug-likeness (QED) is 0.449. The van der Waals surface area contributed by atoms with E-state index in [1.54, 1.807) is 18.5 Å². The van der Waals surface area contributed by atoms with Gasteiger partial charge in [-0.1, -0.05) is 0 Å². The predicted octanol–water partition coefficient (Wildman–Crippen LogP) is 4.83. The second-order valence-corrected chi connectivity index (χ2v) is 7.42. The summed E-state index contributed by atoms with van der Waals surface area (Å²) in [6.45, 7) is 1.22. The molecule has 9 heteroatoms. The van der Waals surface area contributed by atoms with Crippen molar-refractivity contribution < 1.29 is 9.31 Å². The number of pyridine rings is 2. The van der Waals surface area contributed by atoms with Gasteiger partial charge >= 0.3 is 5.69 Å². The molecule has 0 saturated carbocycles. The lowest BCUT2D eigenvalue weighted by molar-refractivity contribution is -0.384. The molecule has 0 aliphatic carbocycles. The highest BCUT2D eigenvalue weighted by Gasteiger charge is 2.20. The number of alkyl halides is 1.